The number of aromatic amines is 1. The molecule has 2 aliphatic rings. The van der Waals surface area contributed by atoms with E-state index in [1.165, 1.54) is 0 Å². The van der Waals surface area contributed by atoms with E-state index in [-0.39, 0.29) is 48.0 Å². The Bertz CT molecular complexity index is 2210. The molecular weight excluding hydrogens is 801 g/mol. The van der Waals surface area contributed by atoms with E-state index in [4.69, 9.17) is 9.47 Å². The zero-order valence-electron chi connectivity index (χ0n) is 37.6. The second-order valence-corrected chi connectivity index (χ2v) is 18.9. The first kappa shape index (κ1) is 46.4. The number of hydrogen-bond acceptors (Lipinski definition) is 10. The minimum Gasteiger partial charge on any atom is -0.444 e. The molecule has 1 saturated carbocycles. The lowest BCUT2D eigenvalue weighted by molar-refractivity contribution is -0.129. The number of carbonyl (C=O) groups is 5. The molecule has 0 radical (unpaired) electrons. The van der Waals surface area contributed by atoms with Gasteiger partial charge < -0.3 is 30.3 Å². The smallest absolute Gasteiger partial charge is 0.410 e. The highest BCUT2D eigenvalue weighted by Crippen LogP contribution is 2.32. The van der Waals surface area contributed by atoms with E-state index in [0.29, 0.717) is 68.8 Å². The van der Waals surface area contributed by atoms with Gasteiger partial charge in [0.1, 0.15) is 17.0 Å². The summed E-state index contributed by atoms with van der Waals surface area (Å²) in [6, 6.07) is 20.7. The Balaban J connectivity index is 1.10. The van der Waals surface area contributed by atoms with Crippen molar-refractivity contribution in [2.24, 2.45) is 17.8 Å². The van der Waals surface area contributed by atoms with Crippen molar-refractivity contribution in [2.45, 2.75) is 117 Å². The largest absolute Gasteiger partial charge is 0.444 e. The molecular formula is C48H62N8O7. The van der Waals surface area contributed by atoms with Crippen LogP contribution < -0.4 is 16.0 Å². The molecule has 3 aromatic carbocycles. The third-order valence-corrected chi connectivity index (χ3v) is 11.5. The summed E-state index contributed by atoms with van der Waals surface area (Å²) < 4.78 is 10.9. The van der Waals surface area contributed by atoms with Crippen LogP contribution in [0.2, 0.25) is 0 Å². The normalized spacial score (nSPS) is 17.6. The summed E-state index contributed by atoms with van der Waals surface area (Å²) in [6.45, 7) is 14.5. The molecule has 15 nitrogen and oxygen atoms in total. The number of nitrogens with zero attached hydrogens (tertiary/aromatic N) is 4. The first-order valence-electron chi connectivity index (χ1n) is 22.0. The lowest BCUT2D eigenvalue weighted by Crippen LogP contribution is -2.47. The van der Waals surface area contributed by atoms with Gasteiger partial charge in [-0.15, -0.1) is 10.2 Å². The Hall–Kier alpha value is -6.12. The molecule has 63 heavy (non-hydrogen) atoms. The zero-order valence-corrected chi connectivity index (χ0v) is 37.6. The topological polar surface area (TPSA) is 198 Å². The summed E-state index contributed by atoms with van der Waals surface area (Å²) in [7, 11) is 0. The van der Waals surface area contributed by atoms with Crippen molar-refractivity contribution < 1.29 is 33.4 Å². The van der Waals surface area contributed by atoms with Gasteiger partial charge in [-0.1, -0.05) is 30.3 Å². The van der Waals surface area contributed by atoms with Gasteiger partial charge in [0, 0.05) is 60.7 Å². The molecule has 15 heteroatoms. The maximum atomic E-state index is 14.1. The van der Waals surface area contributed by atoms with Crippen LogP contribution in [-0.4, -0.2) is 92.2 Å². The number of nitrogens with one attached hydrogen (secondary N) is 4. The third-order valence-electron chi connectivity index (χ3n) is 11.5. The number of aromatic nitrogens is 4. The predicted molar refractivity (Wildman–Crippen MR) is 240 cm³/mol. The lowest BCUT2D eigenvalue weighted by Gasteiger charge is -2.33. The van der Waals surface area contributed by atoms with E-state index in [1.807, 2.05) is 90.9 Å². The molecule has 0 bridgehead atoms. The van der Waals surface area contributed by atoms with E-state index < -0.39 is 23.2 Å². The van der Waals surface area contributed by atoms with Gasteiger partial charge in [-0.3, -0.25) is 14.4 Å². The fourth-order valence-electron chi connectivity index (χ4n) is 8.21. The number of hydrogen-bond donors (Lipinski definition) is 4. The van der Waals surface area contributed by atoms with Gasteiger partial charge in [0.15, 0.2) is 0 Å². The second-order valence-electron chi connectivity index (χ2n) is 18.9. The molecule has 1 saturated heterocycles. The van der Waals surface area contributed by atoms with E-state index in [2.05, 4.69) is 36.6 Å². The average molecular weight is 863 g/mol. The van der Waals surface area contributed by atoms with Gasteiger partial charge in [0.2, 0.25) is 11.7 Å². The molecule has 4 N–H and O–H groups in total. The van der Waals surface area contributed by atoms with Crippen molar-refractivity contribution in [3.63, 3.8) is 0 Å². The van der Waals surface area contributed by atoms with Crippen LogP contribution >= 0.6 is 0 Å². The van der Waals surface area contributed by atoms with Crippen molar-refractivity contribution in [1.82, 2.24) is 36.2 Å². The maximum absolute atomic E-state index is 14.1. The standard InChI is InChI=1S/C48H62N8O7/c1-30-25-36(43(58)51-39-21-23-56(24-22-39)46(61)63-48(5,6)7)17-20-40(30)35-10-8-9-32(26-35)27-37(44(59)50-38-18-15-34(16-19-38)42-52-54-55-53-42)28-41(57)33-13-11-31(12-14-33)29-49-45(60)62-47(2,3)4/h8-10,15-20,25-26,31,33,37,39H,11-14,21-24,27-29H2,1-7H3,(H,49,60)(H,50,59)(H,51,58)(H,52,53,54,55)/t31?,33?,37-/m1/s1. The average Bonchev–Trinajstić information content (AvgIpc) is 3.78. The summed E-state index contributed by atoms with van der Waals surface area (Å²) in [4.78, 5) is 67.8. The number of aryl methyl sites for hydroxylation is 1. The summed E-state index contributed by atoms with van der Waals surface area (Å²) in [5.74, 6) is -0.464. The van der Waals surface area contributed by atoms with Crippen LogP contribution in [0.3, 0.4) is 0 Å². The van der Waals surface area contributed by atoms with Crippen LogP contribution in [0.15, 0.2) is 66.7 Å². The Morgan fingerprint density at radius 1 is 0.825 bits per heavy atom. The van der Waals surface area contributed by atoms with Gasteiger partial charge in [0.25, 0.3) is 5.91 Å². The monoisotopic (exact) mass is 862 g/mol. The van der Waals surface area contributed by atoms with Gasteiger partial charge in [-0.25, -0.2) is 9.59 Å². The lowest BCUT2D eigenvalue weighted by atomic mass is 9.77. The number of ketones is 1. The van der Waals surface area contributed by atoms with E-state index in [9.17, 15) is 24.0 Å². The zero-order chi connectivity index (χ0) is 45.3. The minimum atomic E-state index is -0.639. The van der Waals surface area contributed by atoms with Crippen molar-refractivity contribution in [1.29, 1.82) is 0 Å². The number of rotatable bonds is 13. The SMILES string of the molecule is Cc1cc(C(=O)NC2CCN(C(=O)OC(C)(C)C)CC2)ccc1-c1cccc(C[C@H](CC(=O)C2CCC(CNC(=O)OC(C)(C)C)CC2)C(=O)Nc2ccc(-c3nn[nH]n3)cc2)c1. The molecule has 1 aromatic heterocycles. The van der Waals surface area contributed by atoms with Crippen molar-refractivity contribution >= 4 is 35.5 Å². The Kier molecular flexibility index (Phi) is 15.0. The highest BCUT2D eigenvalue weighted by Gasteiger charge is 2.32. The fraction of sp³-hybridized carbons (Fsp3) is 0.500. The van der Waals surface area contributed by atoms with Crippen LogP contribution in [0, 0.1) is 24.7 Å². The van der Waals surface area contributed by atoms with Gasteiger partial charge in [-0.2, -0.15) is 5.21 Å². The Morgan fingerprint density at radius 2 is 1.52 bits per heavy atom. The molecule has 1 aliphatic carbocycles. The number of likely N-dealkylation sites (tertiary alicyclic amines) is 1. The second kappa shape index (κ2) is 20.4. The van der Waals surface area contributed by atoms with Crippen molar-refractivity contribution in [3.8, 4) is 22.5 Å². The molecule has 336 valence electrons. The van der Waals surface area contributed by atoms with Gasteiger partial charge in [-0.05, 0) is 163 Å². The molecule has 6 rings (SSSR count). The number of piperidine rings is 1. The summed E-state index contributed by atoms with van der Waals surface area (Å²) in [6.07, 6.45) is 3.93. The summed E-state index contributed by atoms with van der Waals surface area (Å²) in [5.41, 5.74) is 4.46. The number of Topliss-reactive ketones (excluding diaryl/α,β-unsaturated/α-hetero) is 1. The number of alkyl carbamates (subject to hydrolysis) is 1. The van der Waals surface area contributed by atoms with Crippen LogP contribution in [0.1, 0.15) is 108 Å². The van der Waals surface area contributed by atoms with E-state index in [1.54, 1.807) is 29.2 Å². The molecule has 2 heterocycles. The number of tetrazole rings is 1. The minimum absolute atomic E-state index is 0.0518. The van der Waals surface area contributed by atoms with E-state index >= 15 is 0 Å². The first-order chi connectivity index (χ1) is 29.9. The van der Waals surface area contributed by atoms with Crippen molar-refractivity contribution in [2.75, 3.05) is 25.0 Å². The number of anilines is 1. The van der Waals surface area contributed by atoms with Crippen molar-refractivity contribution in [3.05, 3.63) is 83.4 Å². The third kappa shape index (κ3) is 13.7. The fourth-order valence-corrected chi connectivity index (χ4v) is 8.21. The number of amides is 4. The van der Waals surface area contributed by atoms with Crippen LogP contribution in [0.25, 0.3) is 22.5 Å². The molecule has 0 spiro atoms. The van der Waals surface area contributed by atoms with E-state index in [0.717, 1.165) is 40.7 Å². The van der Waals surface area contributed by atoms with Gasteiger partial charge >= 0.3 is 12.2 Å². The van der Waals surface area contributed by atoms with Gasteiger partial charge in [0.05, 0.1) is 0 Å². The number of ether oxygens (including phenoxy) is 2. The summed E-state index contributed by atoms with van der Waals surface area (Å²) >= 11 is 0. The van der Waals surface area contributed by atoms with Crippen LogP contribution in [-0.2, 0) is 25.5 Å². The van der Waals surface area contributed by atoms with Crippen LogP contribution in [0.5, 0.6) is 0 Å². The highest BCUT2D eigenvalue weighted by atomic mass is 16.6. The Labute approximate surface area is 369 Å². The number of H-pyrrole nitrogens is 1. The molecule has 1 aliphatic heterocycles. The highest BCUT2D eigenvalue weighted by molar-refractivity contribution is 5.97. The number of benzene rings is 3. The molecule has 0 unspecified atom stereocenters. The molecule has 1 atom stereocenters. The number of carbonyl (C=O) groups excluding carboxylic acids is 5. The molecule has 4 amide bonds. The maximum Gasteiger partial charge on any atom is 0.410 e. The summed E-state index contributed by atoms with van der Waals surface area (Å²) in [5, 5.41) is 23.2. The molecule has 2 fully saturated rings. The molecule has 4 aromatic rings. The van der Waals surface area contributed by atoms with Crippen LogP contribution in [0.4, 0.5) is 15.3 Å². The quantitative estimate of drug-likeness (QED) is 0.102. The first-order valence-corrected chi connectivity index (χ1v) is 22.0. The predicted octanol–water partition coefficient (Wildman–Crippen LogP) is 8.06. The Morgan fingerprint density at radius 3 is 2.16 bits per heavy atom.